The number of Topliss-reactive ketones (excluding diaryl/α,β-unsaturated/α-hetero) is 1. The number of nitrogens with two attached hydrogens (primary N) is 1. The number of nitrogen functional groups attached to an aromatic ring is 1. The van der Waals surface area contributed by atoms with Gasteiger partial charge in [0.15, 0.2) is 6.10 Å². The van der Waals surface area contributed by atoms with Crippen LogP contribution in [0.2, 0.25) is 0 Å². The standard InChI is InChI=1S/C45H77N3O18P2/c1-4-5-13-19-32(49)23-24-34-36(50)27-37(51)35-20-15-11-12-16-21-40(52)61-28-33(64-41(53)22-17-10-8-6-7-9-14-18-31(2)3)29-62-67(57,58)66-68(59,60)63-30-38(43(55)42(34)54)65-44(35)48-26-25-39(46)47-45(48)56/h23-26,31-36,38,42-44,49-50,54-55H,4-22,27-30H2,1-3H3,(H,57,58)(H,59,60)(H2,46,47,56)/b24-23+/t32-,33+,34-,35-,36+,38+,42-,43+,44+/m0/s1. The highest BCUT2D eigenvalue weighted by Crippen LogP contribution is 2.60. The highest BCUT2D eigenvalue weighted by Gasteiger charge is 2.45. The molecule has 68 heavy (non-hydrogen) atoms. The number of unbranched alkanes of at least 4 members (excludes halogenated alkanes) is 8. The number of aliphatic hydroxyl groups is 4. The smallest absolute Gasteiger partial charge is 0.462 e. The predicted molar refractivity (Wildman–Crippen MR) is 248 cm³/mol. The molecule has 0 saturated carbocycles. The fraction of sp³-hybridized carbons (Fsp3) is 0.800. The molecule has 2 aliphatic heterocycles. The van der Waals surface area contributed by atoms with Crippen molar-refractivity contribution in [3.8, 4) is 0 Å². The third kappa shape index (κ3) is 22.4. The first kappa shape index (κ1) is 59.4. The number of cyclic esters (lactones) is 1. The second-order valence-electron chi connectivity index (χ2n) is 18.2. The van der Waals surface area contributed by atoms with E-state index >= 15 is 0 Å². The first-order valence-electron chi connectivity index (χ1n) is 24.2. The Morgan fingerprint density at radius 3 is 2.22 bits per heavy atom. The van der Waals surface area contributed by atoms with Gasteiger partial charge in [-0.1, -0.05) is 116 Å². The van der Waals surface area contributed by atoms with E-state index in [4.69, 9.17) is 29.0 Å². The normalized spacial score (nSPS) is 30.7. The van der Waals surface area contributed by atoms with Crippen LogP contribution in [0.15, 0.2) is 29.2 Å². The van der Waals surface area contributed by atoms with Crippen molar-refractivity contribution < 1.29 is 81.3 Å². The fourth-order valence-electron chi connectivity index (χ4n) is 8.04. The minimum absolute atomic E-state index is 0.00150. The van der Waals surface area contributed by atoms with Gasteiger partial charge in [0.2, 0.25) is 0 Å². The lowest BCUT2D eigenvalue weighted by Crippen LogP contribution is -2.51. The summed E-state index contributed by atoms with van der Waals surface area (Å²) in [5.74, 6) is -4.27. The van der Waals surface area contributed by atoms with Crippen LogP contribution >= 0.6 is 15.6 Å². The number of phosphoric ester groups is 2. The molecule has 0 spiro atoms. The van der Waals surface area contributed by atoms with Gasteiger partial charge in [-0.2, -0.15) is 9.29 Å². The van der Waals surface area contributed by atoms with Gasteiger partial charge in [0, 0.05) is 31.4 Å². The van der Waals surface area contributed by atoms with E-state index in [1.54, 1.807) is 0 Å². The molecule has 0 aromatic carbocycles. The van der Waals surface area contributed by atoms with Gasteiger partial charge in [0.1, 0.15) is 36.6 Å². The molecule has 1 aromatic rings. The van der Waals surface area contributed by atoms with E-state index in [-0.39, 0.29) is 25.1 Å². The number of ketones is 1. The molecule has 0 amide bonds. The van der Waals surface area contributed by atoms with Gasteiger partial charge in [-0.25, -0.2) is 13.9 Å². The number of phosphoric acid groups is 2. The molecule has 0 aliphatic carbocycles. The number of aliphatic hydroxyl groups excluding tert-OH is 4. The predicted octanol–water partition coefficient (Wildman–Crippen LogP) is 5.72. The van der Waals surface area contributed by atoms with Crippen molar-refractivity contribution >= 4 is 39.2 Å². The quantitative estimate of drug-likeness (QED) is 0.0400. The van der Waals surface area contributed by atoms with E-state index in [0.717, 1.165) is 49.5 Å². The molecule has 2 bridgehead atoms. The van der Waals surface area contributed by atoms with Crippen molar-refractivity contribution in [3.63, 3.8) is 0 Å². The molecule has 23 heteroatoms. The molecule has 2 aliphatic rings. The number of ether oxygens (including phenoxy) is 3. The summed E-state index contributed by atoms with van der Waals surface area (Å²) in [6, 6.07) is 1.23. The van der Waals surface area contributed by atoms with Crippen LogP contribution in [0.4, 0.5) is 5.82 Å². The molecule has 3 rings (SSSR count). The maximum Gasteiger partial charge on any atom is 0.481 e. The number of carbonyl (C=O) groups is 3. The molecule has 1 aromatic heterocycles. The molecular weight excluding hydrogens is 932 g/mol. The monoisotopic (exact) mass is 1010 g/mol. The van der Waals surface area contributed by atoms with E-state index in [1.165, 1.54) is 37.3 Å². The largest absolute Gasteiger partial charge is 0.481 e. The van der Waals surface area contributed by atoms with Crippen LogP contribution < -0.4 is 11.4 Å². The van der Waals surface area contributed by atoms with Crippen molar-refractivity contribution in [2.24, 2.45) is 17.8 Å². The van der Waals surface area contributed by atoms with Crippen LogP contribution in [0.3, 0.4) is 0 Å². The van der Waals surface area contributed by atoms with Crippen LogP contribution in [0.25, 0.3) is 0 Å². The van der Waals surface area contributed by atoms with Gasteiger partial charge in [0.05, 0.1) is 37.4 Å². The van der Waals surface area contributed by atoms with Crippen LogP contribution in [-0.2, 0) is 51.1 Å². The number of rotatable bonds is 18. The second kappa shape index (κ2) is 30.7. The number of fused-ring (bicyclic) bond motifs is 3. The van der Waals surface area contributed by atoms with E-state index in [9.17, 15) is 58.5 Å². The van der Waals surface area contributed by atoms with Crippen molar-refractivity contribution in [2.45, 2.75) is 192 Å². The number of aromatic nitrogens is 2. The summed E-state index contributed by atoms with van der Waals surface area (Å²) in [7, 11) is -11.3. The minimum atomic E-state index is -5.71. The highest BCUT2D eigenvalue weighted by atomic mass is 31.3. The van der Waals surface area contributed by atoms with E-state index < -0.39 is 120 Å². The lowest BCUT2D eigenvalue weighted by molar-refractivity contribution is -0.184. The molecule has 2 unspecified atom stereocenters. The molecule has 8 N–H and O–H groups in total. The Balaban J connectivity index is 1.91. The second-order valence-corrected chi connectivity index (χ2v) is 21.3. The maximum absolute atomic E-state index is 14.3. The Morgan fingerprint density at radius 2 is 1.54 bits per heavy atom. The number of hydrogen-bond donors (Lipinski definition) is 7. The summed E-state index contributed by atoms with van der Waals surface area (Å²) in [6.07, 6.45) is 3.20. The van der Waals surface area contributed by atoms with Crippen LogP contribution in [0.1, 0.15) is 155 Å². The van der Waals surface area contributed by atoms with E-state index in [1.807, 2.05) is 6.92 Å². The summed E-state index contributed by atoms with van der Waals surface area (Å²) in [5.41, 5.74) is 4.75. The van der Waals surface area contributed by atoms with Gasteiger partial charge in [-0.15, -0.1) is 0 Å². The zero-order chi connectivity index (χ0) is 50.3. The Morgan fingerprint density at radius 1 is 0.897 bits per heavy atom. The first-order chi connectivity index (χ1) is 32.2. The van der Waals surface area contributed by atoms with Gasteiger partial charge in [-0.3, -0.25) is 28.0 Å². The Labute approximate surface area is 399 Å². The van der Waals surface area contributed by atoms with Gasteiger partial charge >= 0.3 is 33.3 Å². The fourth-order valence-corrected chi connectivity index (χ4v) is 10.1. The van der Waals surface area contributed by atoms with Crippen molar-refractivity contribution in [2.75, 3.05) is 25.6 Å². The third-order valence-corrected chi connectivity index (χ3v) is 14.5. The van der Waals surface area contributed by atoms with E-state index in [0.29, 0.717) is 50.9 Å². The number of anilines is 1. The zero-order valence-electron chi connectivity index (χ0n) is 39.8. The molecule has 2 saturated heterocycles. The maximum atomic E-state index is 14.3. The van der Waals surface area contributed by atoms with Gasteiger partial charge in [0.25, 0.3) is 0 Å². The van der Waals surface area contributed by atoms with Crippen molar-refractivity contribution in [1.82, 2.24) is 9.55 Å². The first-order valence-corrected chi connectivity index (χ1v) is 27.2. The number of hydrogen-bond acceptors (Lipinski definition) is 18. The third-order valence-electron chi connectivity index (χ3n) is 11.9. The van der Waals surface area contributed by atoms with E-state index in [2.05, 4.69) is 23.1 Å². The van der Waals surface area contributed by atoms with Crippen LogP contribution in [-0.4, -0.2) is 114 Å². The Kier molecular flexibility index (Phi) is 26.9. The minimum Gasteiger partial charge on any atom is -0.462 e. The summed E-state index contributed by atoms with van der Waals surface area (Å²) in [5, 5.41) is 45.5. The average Bonchev–Trinajstić information content (AvgIpc) is 3.25. The Hall–Kier alpha value is -2.91. The molecule has 3 heterocycles. The lowest BCUT2D eigenvalue weighted by atomic mass is 9.83. The molecule has 2 fully saturated rings. The van der Waals surface area contributed by atoms with Crippen LogP contribution in [0, 0.1) is 17.8 Å². The summed E-state index contributed by atoms with van der Waals surface area (Å²) < 4.78 is 58.8. The van der Waals surface area contributed by atoms with Gasteiger partial charge in [-0.05, 0) is 37.7 Å². The topological polar surface area (TPSA) is 323 Å². The highest BCUT2D eigenvalue weighted by molar-refractivity contribution is 7.61. The molecular formula is C45H77N3O18P2. The molecule has 0 radical (unpaired) electrons. The van der Waals surface area contributed by atoms with Gasteiger partial charge < -0.3 is 50.2 Å². The van der Waals surface area contributed by atoms with Crippen molar-refractivity contribution in [1.29, 1.82) is 0 Å². The summed E-state index contributed by atoms with van der Waals surface area (Å²) in [6.45, 7) is 3.65. The lowest BCUT2D eigenvalue weighted by Gasteiger charge is -2.38. The Bertz CT molecular complexity index is 1870. The SMILES string of the molecule is CCCCC[C@H](O)/C=C/[C@@H]1[C@H](O)[C@H](O)[C@H]2COP(=O)(O)OP(=O)(O)OC[C@H](OC(=O)CCCCCCCCCC(C)C)COC(=O)CCCCCC[C@@H](C(=O)C[C@H]1O)[C@H](n1ccc(N)nc1=O)O2. The summed E-state index contributed by atoms with van der Waals surface area (Å²) >= 11 is 0. The molecule has 11 atom stereocenters. The van der Waals surface area contributed by atoms with Crippen molar-refractivity contribution in [3.05, 3.63) is 34.9 Å². The number of esters is 2. The zero-order valence-corrected chi connectivity index (χ0v) is 41.6. The average molecular weight is 1010 g/mol. The van der Waals surface area contributed by atoms with Crippen LogP contribution in [0.5, 0.6) is 0 Å². The summed E-state index contributed by atoms with van der Waals surface area (Å²) in [4.78, 5) is 78.2. The number of carbonyl (C=O) groups excluding carboxylic acids is 3. The number of nitrogens with zero attached hydrogens (tertiary/aromatic N) is 2. The molecule has 21 nitrogen and oxygen atoms in total. The molecule has 390 valence electrons.